The first kappa shape index (κ1) is 14.1. The van der Waals surface area contributed by atoms with Gasteiger partial charge in [0, 0.05) is 6.04 Å². The van der Waals surface area contributed by atoms with Crippen molar-refractivity contribution in [3.8, 4) is 5.75 Å². The Morgan fingerprint density at radius 3 is 2.53 bits per heavy atom. The lowest BCUT2D eigenvalue weighted by atomic mass is 10.3. The summed E-state index contributed by atoms with van der Waals surface area (Å²) in [4.78, 5) is -0.171. The summed E-state index contributed by atoms with van der Waals surface area (Å²) in [5.74, 6) is -0.922. The monoisotopic (exact) mass is 288 g/mol. The molecule has 0 spiro atoms. The van der Waals surface area contributed by atoms with Gasteiger partial charge in [0.2, 0.25) is 10.0 Å². The van der Waals surface area contributed by atoms with E-state index < -0.39 is 15.8 Å². The number of nitrogens with one attached hydrogen (secondary N) is 1. The number of anilines is 1. The zero-order valence-electron chi connectivity index (χ0n) is 10.6. The van der Waals surface area contributed by atoms with Crippen LogP contribution in [0.25, 0.3) is 0 Å². The fraction of sp³-hybridized carbons (Fsp3) is 0.500. The number of halogens is 1. The minimum Gasteiger partial charge on any atom is -0.492 e. The molecule has 0 atom stereocenters. The molecule has 3 N–H and O–H groups in total. The largest absolute Gasteiger partial charge is 0.492 e. The average molecular weight is 288 g/mol. The van der Waals surface area contributed by atoms with E-state index in [1.54, 1.807) is 0 Å². The predicted molar refractivity (Wildman–Crippen MR) is 69.9 cm³/mol. The van der Waals surface area contributed by atoms with Crippen LogP contribution in [0.15, 0.2) is 17.0 Å². The Bertz CT molecular complexity index is 545. The number of sulfonamides is 1. The van der Waals surface area contributed by atoms with E-state index in [0.29, 0.717) is 0 Å². The molecule has 7 heteroatoms. The van der Waals surface area contributed by atoms with E-state index in [1.165, 1.54) is 13.2 Å². The van der Waals surface area contributed by atoms with Crippen LogP contribution in [0.3, 0.4) is 0 Å². The molecule has 0 amide bonds. The van der Waals surface area contributed by atoms with Gasteiger partial charge in [-0.2, -0.15) is 0 Å². The number of rotatable bonds is 4. The van der Waals surface area contributed by atoms with Crippen LogP contribution in [0.4, 0.5) is 10.1 Å². The predicted octanol–water partition coefficient (Wildman–Crippen LogP) is 1.64. The number of hydrogen-bond acceptors (Lipinski definition) is 4. The van der Waals surface area contributed by atoms with Crippen molar-refractivity contribution in [2.75, 3.05) is 12.8 Å². The van der Waals surface area contributed by atoms with E-state index >= 15 is 0 Å². The maximum atomic E-state index is 13.7. The summed E-state index contributed by atoms with van der Waals surface area (Å²) in [7, 11) is -2.46. The third-order valence-corrected chi connectivity index (χ3v) is 4.74. The molecule has 5 nitrogen and oxygen atoms in total. The van der Waals surface area contributed by atoms with E-state index in [9.17, 15) is 12.8 Å². The van der Waals surface area contributed by atoms with Gasteiger partial charge in [-0.25, -0.2) is 17.5 Å². The Kier molecular flexibility index (Phi) is 3.96. The van der Waals surface area contributed by atoms with Crippen molar-refractivity contribution >= 4 is 15.7 Å². The zero-order valence-corrected chi connectivity index (χ0v) is 11.5. The molecule has 0 unspecified atom stereocenters. The van der Waals surface area contributed by atoms with Crippen LogP contribution < -0.4 is 15.2 Å². The molecule has 0 heterocycles. The van der Waals surface area contributed by atoms with Crippen molar-refractivity contribution in [2.24, 2.45) is 0 Å². The van der Waals surface area contributed by atoms with Gasteiger partial charge in [0.15, 0.2) is 11.6 Å². The number of benzene rings is 1. The van der Waals surface area contributed by atoms with Crippen LogP contribution in [0.5, 0.6) is 5.75 Å². The standard InChI is InChI=1S/C12H17FN2O3S/c1-18-12-10(13)6-9(7-11(12)14)19(16,17)15-8-4-2-3-5-8/h6-8,15H,2-5,14H2,1H3. The molecule has 1 saturated carbocycles. The van der Waals surface area contributed by atoms with Crippen LogP contribution in [0.1, 0.15) is 25.7 Å². The second-order valence-electron chi connectivity index (χ2n) is 4.63. The molecule has 1 fully saturated rings. The molecule has 106 valence electrons. The molecule has 2 rings (SSSR count). The van der Waals surface area contributed by atoms with Crippen molar-refractivity contribution in [3.05, 3.63) is 17.9 Å². The molecular formula is C12H17FN2O3S. The molecule has 1 aliphatic rings. The Hall–Kier alpha value is -1.34. The van der Waals surface area contributed by atoms with Gasteiger partial charge in [-0.05, 0) is 25.0 Å². The van der Waals surface area contributed by atoms with Crippen molar-refractivity contribution in [1.29, 1.82) is 0 Å². The van der Waals surface area contributed by atoms with Crippen molar-refractivity contribution < 1.29 is 17.5 Å². The van der Waals surface area contributed by atoms with E-state index in [2.05, 4.69) is 4.72 Å². The molecule has 19 heavy (non-hydrogen) atoms. The van der Waals surface area contributed by atoms with Crippen molar-refractivity contribution in [2.45, 2.75) is 36.6 Å². The molecule has 1 aromatic carbocycles. The fourth-order valence-corrected chi connectivity index (χ4v) is 3.64. The number of nitrogens with two attached hydrogens (primary N) is 1. The highest BCUT2D eigenvalue weighted by atomic mass is 32.2. The average Bonchev–Trinajstić information content (AvgIpc) is 2.80. The van der Waals surface area contributed by atoms with E-state index in [1.807, 2.05) is 0 Å². The quantitative estimate of drug-likeness (QED) is 0.825. The van der Waals surface area contributed by atoms with Crippen molar-refractivity contribution in [3.63, 3.8) is 0 Å². The van der Waals surface area contributed by atoms with Gasteiger partial charge in [0.05, 0.1) is 17.7 Å². The van der Waals surface area contributed by atoms with Crippen LogP contribution >= 0.6 is 0 Å². The summed E-state index contributed by atoms with van der Waals surface area (Å²) in [6.45, 7) is 0. The van der Waals surface area contributed by atoms with Crippen LogP contribution in [0, 0.1) is 5.82 Å². The minimum atomic E-state index is -3.74. The highest BCUT2D eigenvalue weighted by Gasteiger charge is 2.24. The third kappa shape index (κ3) is 2.98. The first-order chi connectivity index (χ1) is 8.94. The lowest BCUT2D eigenvalue weighted by molar-refractivity contribution is 0.388. The fourth-order valence-electron chi connectivity index (χ4n) is 2.29. The van der Waals surface area contributed by atoms with Gasteiger partial charge in [-0.15, -0.1) is 0 Å². The maximum Gasteiger partial charge on any atom is 0.241 e. The molecule has 1 aromatic rings. The zero-order chi connectivity index (χ0) is 14.0. The summed E-state index contributed by atoms with van der Waals surface area (Å²) in [5.41, 5.74) is 5.55. The molecule has 0 aromatic heterocycles. The Morgan fingerprint density at radius 1 is 1.37 bits per heavy atom. The first-order valence-electron chi connectivity index (χ1n) is 6.09. The van der Waals surface area contributed by atoms with Gasteiger partial charge in [0.25, 0.3) is 0 Å². The number of nitrogen functional groups attached to an aromatic ring is 1. The molecule has 0 aliphatic heterocycles. The van der Waals surface area contributed by atoms with Crippen LogP contribution in [-0.4, -0.2) is 21.6 Å². The number of hydrogen-bond donors (Lipinski definition) is 2. The van der Waals surface area contributed by atoms with Gasteiger partial charge in [-0.3, -0.25) is 0 Å². The van der Waals surface area contributed by atoms with E-state index in [0.717, 1.165) is 31.7 Å². The second-order valence-corrected chi connectivity index (χ2v) is 6.34. The smallest absolute Gasteiger partial charge is 0.241 e. The summed E-state index contributed by atoms with van der Waals surface area (Å²) in [6.07, 6.45) is 3.64. The molecule has 0 radical (unpaired) electrons. The SMILES string of the molecule is COc1c(N)cc(S(=O)(=O)NC2CCCC2)cc1F. The van der Waals surface area contributed by atoms with Gasteiger partial charge < -0.3 is 10.5 Å². The highest BCUT2D eigenvalue weighted by Crippen LogP contribution is 2.29. The molecule has 1 aliphatic carbocycles. The summed E-state index contributed by atoms with van der Waals surface area (Å²) in [5, 5.41) is 0. The van der Waals surface area contributed by atoms with Crippen LogP contribution in [0.2, 0.25) is 0 Å². The van der Waals surface area contributed by atoms with E-state index in [4.69, 9.17) is 10.5 Å². The summed E-state index contributed by atoms with van der Waals surface area (Å²) < 4.78 is 45.2. The lowest BCUT2D eigenvalue weighted by Crippen LogP contribution is -2.32. The summed E-state index contributed by atoms with van der Waals surface area (Å²) in [6, 6.07) is 2.06. The Morgan fingerprint density at radius 2 is 2.00 bits per heavy atom. The van der Waals surface area contributed by atoms with Gasteiger partial charge in [0.1, 0.15) is 0 Å². The topological polar surface area (TPSA) is 81.4 Å². The highest BCUT2D eigenvalue weighted by molar-refractivity contribution is 7.89. The minimum absolute atomic E-state index is 0.0331. The Labute approximate surface area is 112 Å². The van der Waals surface area contributed by atoms with Crippen molar-refractivity contribution in [1.82, 2.24) is 4.72 Å². The Balaban J connectivity index is 2.29. The number of ether oxygens (including phenoxy) is 1. The third-order valence-electron chi connectivity index (χ3n) is 3.24. The maximum absolute atomic E-state index is 13.7. The summed E-state index contributed by atoms with van der Waals surface area (Å²) >= 11 is 0. The van der Waals surface area contributed by atoms with Gasteiger partial charge >= 0.3 is 0 Å². The first-order valence-corrected chi connectivity index (χ1v) is 7.57. The lowest BCUT2D eigenvalue weighted by Gasteiger charge is -2.14. The molecule has 0 saturated heterocycles. The number of methoxy groups -OCH3 is 1. The van der Waals surface area contributed by atoms with E-state index in [-0.39, 0.29) is 22.4 Å². The normalized spacial score (nSPS) is 16.7. The van der Waals surface area contributed by atoms with Gasteiger partial charge in [-0.1, -0.05) is 12.8 Å². The van der Waals surface area contributed by atoms with Crippen LogP contribution in [-0.2, 0) is 10.0 Å². The molecular weight excluding hydrogens is 271 g/mol. The molecule has 0 bridgehead atoms. The second kappa shape index (κ2) is 5.34.